The molecule has 0 saturated heterocycles. The van der Waals surface area contributed by atoms with Crippen molar-refractivity contribution in [3.05, 3.63) is 35.6 Å². The monoisotopic (exact) mass is 340 g/mol. The molecule has 5 nitrogen and oxygen atoms in total. The maximum Gasteiger partial charge on any atom is 0.374 e. The molecular weight excluding hydrogens is 316 g/mol. The van der Waals surface area contributed by atoms with Crippen molar-refractivity contribution < 1.29 is 28.2 Å². The first-order valence-electron chi connectivity index (χ1n) is 9.11. The van der Waals surface area contributed by atoms with Crippen LogP contribution in [0.4, 0.5) is 0 Å². The summed E-state index contributed by atoms with van der Waals surface area (Å²) in [6, 6.07) is 5.95. The van der Waals surface area contributed by atoms with Crippen molar-refractivity contribution in [2.45, 2.75) is 37.1 Å². The van der Waals surface area contributed by atoms with Crippen LogP contribution < -0.4 is 0 Å². The molecule has 1 aliphatic heterocycles. The van der Waals surface area contributed by atoms with E-state index in [2.05, 4.69) is 0 Å². The van der Waals surface area contributed by atoms with Crippen LogP contribution >= 0.6 is 0 Å². The van der Waals surface area contributed by atoms with Gasteiger partial charge in [-0.1, -0.05) is 12.1 Å². The molecule has 1 aromatic rings. The highest BCUT2D eigenvalue weighted by molar-refractivity contribution is 7.90. The van der Waals surface area contributed by atoms with E-state index in [1.807, 2.05) is 0 Å². The Hall–Kier alpha value is -1.82. The molecule has 0 bridgehead atoms. The van der Waals surface area contributed by atoms with Crippen LogP contribution in [0.1, 0.15) is 37.6 Å². The van der Waals surface area contributed by atoms with Crippen LogP contribution in [-0.2, 0) is 24.1 Å². The Morgan fingerprint density at radius 2 is 1.91 bits per heavy atom. The standard InChI is InChI=1S/C17H20O5S/c1-17(2)14(12-6-8-13(9-7-12)23(3,19)20)15(16(18)22-17)21-10-11-4-5-11/h6-9,11H,4-5,10H2,1-3H3/i4D2,5D2. The predicted octanol–water partition coefficient (Wildman–Crippen LogP) is 2.56. The van der Waals surface area contributed by atoms with Crippen molar-refractivity contribution in [1.82, 2.24) is 0 Å². The number of hydrogen-bond donors (Lipinski definition) is 0. The van der Waals surface area contributed by atoms with Gasteiger partial charge < -0.3 is 9.47 Å². The zero-order valence-corrected chi connectivity index (χ0v) is 13.9. The number of ether oxygens (including phenoxy) is 2. The Morgan fingerprint density at radius 3 is 2.43 bits per heavy atom. The molecule has 0 aromatic heterocycles. The third-order valence-electron chi connectivity index (χ3n) is 3.68. The molecule has 1 aromatic carbocycles. The Morgan fingerprint density at radius 1 is 1.30 bits per heavy atom. The summed E-state index contributed by atoms with van der Waals surface area (Å²) >= 11 is 0. The normalized spacial score (nSPS) is 27.5. The Kier molecular flexibility index (Phi) is 2.73. The van der Waals surface area contributed by atoms with E-state index < -0.39 is 40.1 Å². The van der Waals surface area contributed by atoms with Crippen molar-refractivity contribution in [2.24, 2.45) is 5.92 Å². The van der Waals surface area contributed by atoms with Crippen molar-refractivity contribution in [2.75, 3.05) is 12.9 Å². The fourth-order valence-corrected chi connectivity index (χ4v) is 3.12. The minimum absolute atomic E-state index is 0.106. The van der Waals surface area contributed by atoms with E-state index in [0.717, 1.165) is 6.26 Å². The minimum atomic E-state index is -3.36. The molecule has 1 fully saturated rings. The molecule has 23 heavy (non-hydrogen) atoms. The lowest BCUT2D eigenvalue weighted by Crippen LogP contribution is -2.22. The summed E-state index contributed by atoms with van der Waals surface area (Å²) in [4.78, 5) is 12.4. The summed E-state index contributed by atoms with van der Waals surface area (Å²) in [6.45, 7) is 3.03. The molecule has 1 saturated carbocycles. The van der Waals surface area contributed by atoms with Crippen LogP contribution in [0, 0.1) is 5.92 Å². The van der Waals surface area contributed by atoms with Crippen molar-refractivity contribution in [1.29, 1.82) is 0 Å². The number of carbonyl (C=O) groups is 1. The second kappa shape index (κ2) is 5.37. The highest BCUT2D eigenvalue weighted by atomic mass is 32.2. The second-order valence-electron chi connectivity index (χ2n) is 6.05. The maximum atomic E-state index is 12.3. The smallest absolute Gasteiger partial charge is 0.374 e. The van der Waals surface area contributed by atoms with Crippen LogP contribution in [0.3, 0.4) is 0 Å². The van der Waals surface area contributed by atoms with Crippen LogP contribution in [0.15, 0.2) is 34.9 Å². The van der Waals surface area contributed by atoms with Gasteiger partial charge in [0.05, 0.1) is 17.1 Å². The molecule has 0 amide bonds. The number of carbonyl (C=O) groups excluding carboxylic acids is 1. The zero-order valence-electron chi connectivity index (χ0n) is 17.0. The number of rotatable bonds is 5. The summed E-state index contributed by atoms with van der Waals surface area (Å²) < 4.78 is 64.6. The molecule has 1 aliphatic carbocycles. The molecule has 0 radical (unpaired) electrons. The summed E-state index contributed by atoms with van der Waals surface area (Å²) in [6.07, 6.45) is -2.93. The average Bonchev–Trinajstić information content (AvgIpc) is 2.77. The van der Waals surface area contributed by atoms with Gasteiger partial charge in [0.2, 0.25) is 5.76 Å². The first kappa shape index (κ1) is 11.7. The van der Waals surface area contributed by atoms with Gasteiger partial charge in [0, 0.05) is 11.7 Å². The summed E-state index contributed by atoms with van der Waals surface area (Å²) in [5.74, 6) is -1.81. The van der Waals surface area contributed by atoms with Gasteiger partial charge in [0.1, 0.15) is 5.60 Å². The van der Waals surface area contributed by atoms with Crippen LogP contribution in [0.25, 0.3) is 5.57 Å². The third-order valence-corrected chi connectivity index (χ3v) is 4.80. The van der Waals surface area contributed by atoms with Crippen LogP contribution in [-0.4, -0.2) is 32.9 Å². The van der Waals surface area contributed by atoms with E-state index in [4.69, 9.17) is 15.0 Å². The van der Waals surface area contributed by atoms with E-state index in [1.165, 1.54) is 12.1 Å². The number of benzene rings is 1. The fraction of sp³-hybridized carbons (Fsp3) is 0.471. The van der Waals surface area contributed by atoms with Crippen molar-refractivity contribution in [3.63, 3.8) is 0 Å². The minimum Gasteiger partial charge on any atom is -0.486 e. The van der Waals surface area contributed by atoms with Crippen LogP contribution in [0.2, 0.25) is 0 Å². The van der Waals surface area contributed by atoms with Crippen molar-refractivity contribution >= 4 is 21.4 Å². The fourth-order valence-electron chi connectivity index (χ4n) is 2.49. The SMILES string of the molecule is [2H]C1([2H])C(COC2=C(c3ccc(S(C)(=O)=O)cc3)C(C)(C)OC2=O)C1([2H])[2H]. The molecule has 0 N–H and O–H groups in total. The van der Waals surface area contributed by atoms with Gasteiger partial charge in [-0.3, -0.25) is 0 Å². The lowest BCUT2D eigenvalue weighted by molar-refractivity contribution is -0.147. The topological polar surface area (TPSA) is 69.7 Å². The van der Waals surface area contributed by atoms with Gasteiger partial charge in [-0.15, -0.1) is 0 Å². The van der Waals surface area contributed by atoms with Gasteiger partial charge in [0.15, 0.2) is 9.84 Å². The van der Waals surface area contributed by atoms with Gasteiger partial charge in [-0.05, 0) is 50.2 Å². The summed E-state index contributed by atoms with van der Waals surface area (Å²) in [5.41, 5.74) is -0.0787. The van der Waals surface area contributed by atoms with Gasteiger partial charge in [-0.25, -0.2) is 13.2 Å². The number of sulfone groups is 1. The number of esters is 1. The molecule has 0 unspecified atom stereocenters. The zero-order chi connectivity index (χ0) is 20.4. The highest BCUT2D eigenvalue weighted by Crippen LogP contribution is 2.41. The quantitative estimate of drug-likeness (QED) is 0.771. The number of hydrogen-bond acceptors (Lipinski definition) is 5. The average molecular weight is 340 g/mol. The van der Waals surface area contributed by atoms with E-state index in [1.54, 1.807) is 26.0 Å². The molecule has 0 spiro atoms. The van der Waals surface area contributed by atoms with Gasteiger partial charge in [-0.2, -0.15) is 0 Å². The Labute approximate surface area is 141 Å². The number of cyclic esters (lactones) is 1. The lowest BCUT2D eigenvalue weighted by atomic mass is 9.92. The predicted molar refractivity (Wildman–Crippen MR) is 85.3 cm³/mol. The molecule has 6 heteroatoms. The summed E-state index contributed by atoms with van der Waals surface area (Å²) in [5, 5.41) is 0. The molecule has 1 heterocycles. The largest absolute Gasteiger partial charge is 0.486 e. The molecule has 3 rings (SSSR count). The van der Waals surface area contributed by atoms with E-state index >= 15 is 0 Å². The van der Waals surface area contributed by atoms with Gasteiger partial charge in [0.25, 0.3) is 0 Å². The summed E-state index contributed by atoms with van der Waals surface area (Å²) in [7, 11) is -3.36. The molecule has 0 atom stereocenters. The van der Waals surface area contributed by atoms with E-state index in [-0.39, 0.29) is 17.3 Å². The first-order valence-corrected chi connectivity index (χ1v) is 9.00. The molecular formula is C17H20O5S. The second-order valence-corrected chi connectivity index (χ2v) is 8.07. The van der Waals surface area contributed by atoms with Crippen LogP contribution in [0.5, 0.6) is 0 Å². The Bertz CT molecular complexity index is 919. The van der Waals surface area contributed by atoms with E-state index in [0.29, 0.717) is 11.1 Å². The lowest BCUT2D eigenvalue weighted by Gasteiger charge is -2.21. The molecule has 124 valence electrons. The van der Waals surface area contributed by atoms with Gasteiger partial charge >= 0.3 is 5.97 Å². The van der Waals surface area contributed by atoms with Crippen molar-refractivity contribution in [3.8, 4) is 0 Å². The first-order chi connectivity index (χ1) is 12.2. The third kappa shape index (κ3) is 3.27. The Balaban J connectivity index is 1.94. The maximum absolute atomic E-state index is 12.3. The van der Waals surface area contributed by atoms with E-state index in [9.17, 15) is 13.2 Å². The molecule has 2 aliphatic rings. The highest BCUT2D eigenvalue weighted by Gasteiger charge is 2.43.